The van der Waals surface area contributed by atoms with E-state index in [2.05, 4.69) is 12.1 Å². The zero-order valence-corrected chi connectivity index (χ0v) is 15.7. The lowest BCUT2D eigenvalue weighted by atomic mass is 10.1. The van der Waals surface area contributed by atoms with Crippen molar-refractivity contribution in [3.63, 3.8) is 0 Å². The summed E-state index contributed by atoms with van der Waals surface area (Å²) in [5.41, 5.74) is 3.13. The molecule has 0 aromatic heterocycles. The average Bonchev–Trinajstić information content (AvgIpc) is 3.10. The van der Waals surface area contributed by atoms with E-state index in [-0.39, 0.29) is 5.91 Å². The molecule has 1 amide bonds. The Kier molecular flexibility index (Phi) is 4.26. The molecule has 29 heavy (non-hydrogen) atoms. The molecule has 1 aliphatic heterocycles. The molecule has 0 unspecified atom stereocenters. The number of benzene rings is 4. The molecule has 4 aromatic carbocycles. The van der Waals surface area contributed by atoms with E-state index < -0.39 is 0 Å². The monoisotopic (exact) mass is 374 g/mol. The number of amidine groups is 1. The molecular weight excluding hydrogens is 356 g/mol. The Hall–Kier alpha value is -3.98. The maximum atomic E-state index is 13.5. The molecule has 4 aromatic rings. The van der Waals surface area contributed by atoms with E-state index in [0.29, 0.717) is 11.5 Å². The molecule has 3 nitrogen and oxygen atoms in total. The molecule has 5 rings (SSSR count). The SMILES string of the molecule is O=C1/C(=C\c2ccccc2)N=C(c2ccccc2)N1c1cccc2ccccc12. The number of carbonyl (C=O) groups excluding carboxylic acids is 1. The number of hydrogen-bond acceptors (Lipinski definition) is 2. The van der Waals surface area contributed by atoms with Gasteiger partial charge in [0.25, 0.3) is 5.91 Å². The lowest BCUT2D eigenvalue weighted by Gasteiger charge is -2.20. The third kappa shape index (κ3) is 3.13. The molecule has 0 atom stereocenters. The molecule has 1 aliphatic rings. The van der Waals surface area contributed by atoms with Crippen LogP contribution in [-0.4, -0.2) is 11.7 Å². The fourth-order valence-corrected chi connectivity index (χ4v) is 3.63. The summed E-state index contributed by atoms with van der Waals surface area (Å²) in [6.45, 7) is 0. The van der Waals surface area contributed by atoms with E-state index in [4.69, 9.17) is 4.99 Å². The van der Waals surface area contributed by atoms with Crippen LogP contribution >= 0.6 is 0 Å². The number of anilines is 1. The fraction of sp³-hybridized carbons (Fsp3) is 0. The van der Waals surface area contributed by atoms with E-state index in [1.54, 1.807) is 4.90 Å². The summed E-state index contributed by atoms with van der Waals surface area (Å²) in [4.78, 5) is 20.0. The summed E-state index contributed by atoms with van der Waals surface area (Å²) < 4.78 is 0. The largest absolute Gasteiger partial charge is 0.282 e. The number of nitrogens with zero attached hydrogens (tertiary/aromatic N) is 2. The van der Waals surface area contributed by atoms with Gasteiger partial charge >= 0.3 is 0 Å². The summed E-state index contributed by atoms with van der Waals surface area (Å²) in [5, 5.41) is 2.11. The van der Waals surface area contributed by atoms with E-state index in [0.717, 1.165) is 27.6 Å². The van der Waals surface area contributed by atoms with E-state index in [1.807, 2.05) is 97.1 Å². The van der Waals surface area contributed by atoms with Crippen LogP contribution in [0.2, 0.25) is 0 Å². The third-order valence-electron chi connectivity index (χ3n) is 5.00. The van der Waals surface area contributed by atoms with Gasteiger partial charge < -0.3 is 0 Å². The van der Waals surface area contributed by atoms with Gasteiger partial charge in [0.1, 0.15) is 11.5 Å². The highest BCUT2D eigenvalue weighted by Gasteiger charge is 2.33. The third-order valence-corrected chi connectivity index (χ3v) is 5.00. The molecule has 0 bridgehead atoms. The summed E-state index contributed by atoms with van der Waals surface area (Å²) >= 11 is 0. The van der Waals surface area contributed by atoms with Gasteiger partial charge in [-0.25, -0.2) is 4.99 Å². The highest BCUT2D eigenvalue weighted by atomic mass is 16.2. The van der Waals surface area contributed by atoms with Crippen LogP contribution in [0.5, 0.6) is 0 Å². The van der Waals surface area contributed by atoms with Crippen molar-refractivity contribution in [3.8, 4) is 0 Å². The first-order valence-corrected chi connectivity index (χ1v) is 9.54. The van der Waals surface area contributed by atoms with Crippen LogP contribution in [0.1, 0.15) is 11.1 Å². The van der Waals surface area contributed by atoms with Crippen molar-refractivity contribution < 1.29 is 4.79 Å². The molecule has 0 fully saturated rings. The Bertz CT molecular complexity index is 1250. The van der Waals surface area contributed by atoms with Gasteiger partial charge in [0.15, 0.2) is 0 Å². The van der Waals surface area contributed by atoms with Crippen molar-refractivity contribution in [2.45, 2.75) is 0 Å². The van der Waals surface area contributed by atoms with Gasteiger partial charge in [-0.05, 0) is 23.1 Å². The molecule has 0 aliphatic carbocycles. The summed E-state index contributed by atoms with van der Waals surface area (Å²) in [6.07, 6.45) is 1.84. The normalized spacial score (nSPS) is 15.2. The van der Waals surface area contributed by atoms with Crippen molar-refractivity contribution in [3.05, 3.63) is 120 Å². The number of carbonyl (C=O) groups is 1. The maximum absolute atomic E-state index is 13.5. The Morgan fingerprint density at radius 3 is 2.14 bits per heavy atom. The molecule has 138 valence electrons. The maximum Gasteiger partial charge on any atom is 0.282 e. The number of amides is 1. The minimum atomic E-state index is -0.121. The molecule has 0 saturated heterocycles. The van der Waals surface area contributed by atoms with Crippen LogP contribution in [0, 0.1) is 0 Å². The topological polar surface area (TPSA) is 32.7 Å². The van der Waals surface area contributed by atoms with Crippen LogP contribution in [0.3, 0.4) is 0 Å². The molecule has 3 heteroatoms. The standard InChI is InChI=1S/C26H18N2O/c29-26-23(18-19-10-3-1-4-11-19)27-25(21-13-5-2-6-14-21)28(26)24-17-9-15-20-12-7-8-16-22(20)24/h1-18H/b23-18+. The summed E-state index contributed by atoms with van der Waals surface area (Å²) in [5.74, 6) is 0.526. The van der Waals surface area contributed by atoms with Gasteiger partial charge in [0, 0.05) is 10.9 Å². The smallest absolute Gasteiger partial charge is 0.266 e. The average molecular weight is 374 g/mol. The van der Waals surface area contributed by atoms with Crippen LogP contribution < -0.4 is 4.90 Å². The summed E-state index contributed by atoms with van der Waals surface area (Å²) in [7, 11) is 0. The van der Waals surface area contributed by atoms with Gasteiger partial charge in [-0.1, -0.05) is 97.1 Å². The Morgan fingerprint density at radius 1 is 0.690 bits per heavy atom. The van der Waals surface area contributed by atoms with Gasteiger partial charge in [-0.3, -0.25) is 9.69 Å². The first-order valence-electron chi connectivity index (χ1n) is 9.54. The fourth-order valence-electron chi connectivity index (χ4n) is 3.63. The van der Waals surface area contributed by atoms with Crippen LogP contribution in [0.25, 0.3) is 16.8 Å². The number of fused-ring (bicyclic) bond motifs is 1. The van der Waals surface area contributed by atoms with Crippen molar-refractivity contribution in [1.82, 2.24) is 0 Å². The molecule has 0 spiro atoms. The van der Waals surface area contributed by atoms with E-state index in [1.165, 1.54) is 0 Å². The van der Waals surface area contributed by atoms with E-state index in [9.17, 15) is 4.79 Å². The van der Waals surface area contributed by atoms with Gasteiger partial charge in [0.2, 0.25) is 0 Å². The Balaban J connectivity index is 1.70. The second-order valence-electron chi connectivity index (χ2n) is 6.88. The lowest BCUT2D eigenvalue weighted by molar-refractivity contribution is -0.113. The second kappa shape index (κ2) is 7.21. The highest BCUT2D eigenvalue weighted by molar-refractivity contribution is 6.34. The first kappa shape index (κ1) is 17.1. The Labute approximate surface area is 169 Å². The van der Waals surface area contributed by atoms with Crippen molar-refractivity contribution in [2.75, 3.05) is 4.90 Å². The van der Waals surface area contributed by atoms with Gasteiger partial charge in [0.05, 0.1) is 5.69 Å². The number of hydrogen-bond donors (Lipinski definition) is 0. The number of rotatable bonds is 3. The van der Waals surface area contributed by atoms with Crippen LogP contribution in [0.15, 0.2) is 114 Å². The zero-order valence-electron chi connectivity index (χ0n) is 15.7. The predicted octanol–water partition coefficient (Wildman–Crippen LogP) is 5.67. The zero-order chi connectivity index (χ0) is 19.6. The van der Waals surface area contributed by atoms with Crippen LogP contribution in [0.4, 0.5) is 5.69 Å². The van der Waals surface area contributed by atoms with Crippen molar-refractivity contribution >= 4 is 34.3 Å². The Morgan fingerprint density at radius 2 is 1.34 bits per heavy atom. The van der Waals surface area contributed by atoms with Gasteiger partial charge in [-0.15, -0.1) is 0 Å². The number of aliphatic imine (C=N–C) groups is 1. The lowest BCUT2D eigenvalue weighted by Crippen LogP contribution is -2.32. The minimum absolute atomic E-state index is 0.121. The van der Waals surface area contributed by atoms with Gasteiger partial charge in [-0.2, -0.15) is 0 Å². The quantitative estimate of drug-likeness (QED) is 0.425. The van der Waals surface area contributed by atoms with Crippen molar-refractivity contribution in [1.29, 1.82) is 0 Å². The molecule has 0 N–H and O–H groups in total. The summed E-state index contributed by atoms with van der Waals surface area (Å²) in [6, 6.07) is 33.8. The van der Waals surface area contributed by atoms with Crippen molar-refractivity contribution in [2.24, 2.45) is 4.99 Å². The first-order chi connectivity index (χ1) is 14.3. The molecule has 1 heterocycles. The minimum Gasteiger partial charge on any atom is -0.266 e. The van der Waals surface area contributed by atoms with E-state index >= 15 is 0 Å². The highest BCUT2D eigenvalue weighted by Crippen LogP contribution is 2.33. The molecular formula is C26H18N2O. The van der Waals surface area contributed by atoms with Crippen LogP contribution in [-0.2, 0) is 4.79 Å². The molecule has 0 radical (unpaired) electrons. The second-order valence-corrected chi connectivity index (χ2v) is 6.88. The molecule has 0 saturated carbocycles. The predicted molar refractivity (Wildman–Crippen MR) is 119 cm³/mol.